The van der Waals surface area contributed by atoms with Gasteiger partial charge in [-0.15, -0.1) is 0 Å². The summed E-state index contributed by atoms with van der Waals surface area (Å²) in [7, 11) is 0. The van der Waals surface area contributed by atoms with Gasteiger partial charge >= 0.3 is 0 Å². The lowest BCUT2D eigenvalue weighted by Gasteiger charge is -2.17. The first-order valence-electron chi connectivity index (χ1n) is 6.72. The lowest BCUT2D eigenvalue weighted by atomic mass is 9.95. The number of ketones is 1. The van der Waals surface area contributed by atoms with E-state index in [0.717, 1.165) is 12.0 Å². The summed E-state index contributed by atoms with van der Waals surface area (Å²) in [5.74, 6) is -0.431. The average molecular weight is 275 g/mol. The molecule has 0 atom stereocenters. The molecule has 0 aromatic heterocycles. The highest BCUT2D eigenvalue weighted by molar-refractivity contribution is 6.01. The number of carbonyl (C=O) groups excluding carboxylic acids is 2. The zero-order valence-corrected chi connectivity index (χ0v) is 12.4. The second-order valence-electron chi connectivity index (χ2n) is 4.70. The van der Waals surface area contributed by atoms with Crippen LogP contribution in [0.5, 0.6) is 5.75 Å². The molecule has 108 valence electrons. The van der Waals surface area contributed by atoms with Crippen LogP contribution in [0.2, 0.25) is 0 Å². The summed E-state index contributed by atoms with van der Waals surface area (Å²) in [6, 6.07) is 1.61. The van der Waals surface area contributed by atoms with Crippen LogP contribution in [0.3, 0.4) is 0 Å². The number of phenols is 1. The standard InChI is InChI=1S/C16H21NO3/c1-5-7-12-9-14(10(3)18)16(20)13(8-6-2)15(12)17-11(4)19/h5,7,9,20H,6,8H2,1-4H3,(H,17,19)/b7-5-. The summed E-state index contributed by atoms with van der Waals surface area (Å²) < 4.78 is 0. The number of benzene rings is 1. The van der Waals surface area contributed by atoms with Crippen molar-refractivity contribution in [2.24, 2.45) is 0 Å². The third kappa shape index (κ3) is 3.47. The van der Waals surface area contributed by atoms with Crippen LogP contribution < -0.4 is 5.32 Å². The Kier molecular flexibility index (Phi) is 5.50. The van der Waals surface area contributed by atoms with Gasteiger partial charge in [0.15, 0.2) is 5.78 Å². The Morgan fingerprint density at radius 2 is 2.00 bits per heavy atom. The first kappa shape index (κ1) is 16.0. The van der Waals surface area contributed by atoms with Crippen molar-refractivity contribution in [1.29, 1.82) is 0 Å². The third-order valence-corrected chi connectivity index (χ3v) is 2.96. The van der Waals surface area contributed by atoms with Crippen molar-refractivity contribution < 1.29 is 14.7 Å². The predicted octanol–water partition coefficient (Wildman–Crippen LogP) is 3.54. The van der Waals surface area contributed by atoms with Crippen LogP contribution in [0.25, 0.3) is 6.08 Å². The zero-order chi connectivity index (χ0) is 15.3. The molecule has 4 heteroatoms. The Morgan fingerprint density at radius 3 is 2.45 bits per heavy atom. The number of hydrogen-bond acceptors (Lipinski definition) is 3. The highest BCUT2D eigenvalue weighted by Gasteiger charge is 2.19. The number of nitrogens with one attached hydrogen (secondary N) is 1. The van der Waals surface area contributed by atoms with Crippen LogP contribution in [-0.2, 0) is 11.2 Å². The second-order valence-corrected chi connectivity index (χ2v) is 4.70. The summed E-state index contributed by atoms with van der Waals surface area (Å²) in [5, 5.41) is 13.0. The molecule has 0 radical (unpaired) electrons. The fourth-order valence-electron chi connectivity index (χ4n) is 2.15. The molecular weight excluding hydrogens is 254 g/mol. The Hall–Kier alpha value is -2.10. The van der Waals surface area contributed by atoms with Crippen LogP contribution in [0.4, 0.5) is 5.69 Å². The van der Waals surface area contributed by atoms with Gasteiger partial charge in [-0.25, -0.2) is 0 Å². The summed E-state index contributed by atoms with van der Waals surface area (Å²) in [6.45, 7) is 6.68. The number of aromatic hydroxyl groups is 1. The van der Waals surface area contributed by atoms with Gasteiger partial charge in [0.05, 0.1) is 11.3 Å². The Balaban J connectivity index is 3.62. The number of carbonyl (C=O) groups is 2. The second kappa shape index (κ2) is 6.89. The van der Waals surface area contributed by atoms with E-state index in [4.69, 9.17) is 0 Å². The third-order valence-electron chi connectivity index (χ3n) is 2.96. The summed E-state index contributed by atoms with van der Waals surface area (Å²) in [5.41, 5.74) is 2.22. The molecule has 2 N–H and O–H groups in total. The number of rotatable bonds is 5. The van der Waals surface area contributed by atoms with Gasteiger partial charge in [0, 0.05) is 12.5 Å². The van der Waals surface area contributed by atoms with Gasteiger partial charge in [0.2, 0.25) is 5.91 Å². The molecule has 4 nitrogen and oxygen atoms in total. The minimum Gasteiger partial charge on any atom is -0.507 e. The van der Waals surface area contributed by atoms with Crippen molar-refractivity contribution in [3.05, 3.63) is 28.8 Å². The molecule has 0 bridgehead atoms. The lowest BCUT2D eigenvalue weighted by Crippen LogP contribution is -2.11. The highest BCUT2D eigenvalue weighted by atomic mass is 16.3. The van der Waals surface area contributed by atoms with Crippen molar-refractivity contribution in [1.82, 2.24) is 0 Å². The minimum atomic E-state index is -0.205. The van der Waals surface area contributed by atoms with Crippen molar-refractivity contribution in [3.8, 4) is 5.75 Å². The van der Waals surface area contributed by atoms with Crippen LogP contribution in [0.15, 0.2) is 12.1 Å². The molecule has 1 rings (SSSR count). The van der Waals surface area contributed by atoms with E-state index in [2.05, 4.69) is 5.32 Å². The first-order chi connectivity index (χ1) is 9.42. The Morgan fingerprint density at radius 1 is 1.35 bits per heavy atom. The molecule has 0 aliphatic carbocycles. The average Bonchev–Trinajstić information content (AvgIpc) is 2.36. The smallest absolute Gasteiger partial charge is 0.221 e. The van der Waals surface area contributed by atoms with Gasteiger partial charge in [0.25, 0.3) is 0 Å². The van der Waals surface area contributed by atoms with Crippen molar-refractivity contribution in [2.75, 3.05) is 5.32 Å². The molecule has 1 aromatic rings. The number of amides is 1. The van der Waals surface area contributed by atoms with Gasteiger partial charge < -0.3 is 10.4 Å². The maximum atomic E-state index is 11.6. The van der Waals surface area contributed by atoms with Gasteiger partial charge in [-0.1, -0.05) is 25.5 Å². The van der Waals surface area contributed by atoms with E-state index >= 15 is 0 Å². The quantitative estimate of drug-likeness (QED) is 0.808. The summed E-state index contributed by atoms with van der Waals surface area (Å²) in [4.78, 5) is 23.0. The highest BCUT2D eigenvalue weighted by Crippen LogP contribution is 2.35. The van der Waals surface area contributed by atoms with Gasteiger partial charge in [-0.05, 0) is 31.9 Å². The largest absolute Gasteiger partial charge is 0.507 e. The summed E-state index contributed by atoms with van der Waals surface area (Å²) >= 11 is 0. The maximum absolute atomic E-state index is 11.6. The molecule has 0 saturated heterocycles. The monoisotopic (exact) mass is 275 g/mol. The van der Waals surface area contributed by atoms with Gasteiger partial charge in [-0.3, -0.25) is 9.59 Å². The maximum Gasteiger partial charge on any atom is 0.221 e. The zero-order valence-electron chi connectivity index (χ0n) is 12.4. The molecule has 1 aromatic carbocycles. The Labute approximate surface area is 119 Å². The Bertz CT molecular complexity index is 559. The predicted molar refractivity (Wildman–Crippen MR) is 81.1 cm³/mol. The lowest BCUT2D eigenvalue weighted by molar-refractivity contribution is -0.114. The van der Waals surface area contributed by atoms with Crippen molar-refractivity contribution >= 4 is 23.5 Å². The van der Waals surface area contributed by atoms with E-state index < -0.39 is 0 Å². The van der Waals surface area contributed by atoms with E-state index in [9.17, 15) is 14.7 Å². The number of allylic oxidation sites excluding steroid dienone is 1. The van der Waals surface area contributed by atoms with Gasteiger partial charge in [0.1, 0.15) is 5.75 Å². The number of phenolic OH excluding ortho intramolecular Hbond substituents is 1. The van der Waals surface area contributed by atoms with Crippen molar-refractivity contribution in [3.63, 3.8) is 0 Å². The van der Waals surface area contributed by atoms with E-state index in [1.54, 1.807) is 6.07 Å². The number of Topliss-reactive ketones (excluding diaryl/α,β-unsaturated/α-hetero) is 1. The molecule has 1 amide bonds. The molecule has 0 spiro atoms. The first-order valence-corrected chi connectivity index (χ1v) is 6.72. The molecule has 0 fully saturated rings. The van der Waals surface area contributed by atoms with E-state index in [-0.39, 0.29) is 23.0 Å². The molecular formula is C16H21NO3. The van der Waals surface area contributed by atoms with Crippen molar-refractivity contribution in [2.45, 2.75) is 40.5 Å². The molecule has 0 heterocycles. The molecule has 20 heavy (non-hydrogen) atoms. The van der Waals surface area contributed by atoms with Crippen LogP contribution in [0, 0.1) is 0 Å². The number of hydrogen-bond donors (Lipinski definition) is 2. The summed E-state index contributed by atoms with van der Waals surface area (Å²) in [6.07, 6.45) is 5.04. The van der Waals surface area contributed by atoms with E-state index in [1.165, 1.54) is 13.8 Å². The molecule has 0 aliphatic heterocycles. The van der Waals surface area contributed by atoms with E-state index in [0.29, 0.717) is 17.7 Å². The fraction of sp³-hybridized carbons (Fsp3) is 0.375. The fourth-order valence-corrected chi connectivity index (χ4v) is 2.15. The number of anilines is 1. The molecule has 0 saturated carbocycles. The normalized spacial score (nSPS) is 10.8. The van der Waals surface area contributed by atoms with E-state index in [1.807, 2.05) is 26.0 Å². The van der Waals surface area contributed by atoms with Crippen LogP contribution in [-0.4, -0.2) is 16.8 Å². The van der Waals surface area contributed by atoms with Gasteiger partial charge in [-0.2, -0.15) is 0 Å². The minimum absolute atomic E-state index is 0.0312. The topological polar surface area (TPSA) is 66.4 Å². The molecule has 0 unspecified atom stereocenters. The SMILES string of the molecule is C/C=C\c1cc(C(C)=O)c(O)c(CCC)c1NC(C)=O. The van der Waals surface area contributed by atoms with Crippen LogP contribution >= 0.6 is 0 Å². The molecule has 0 aliphatic rings. The van der Waals surface area contributed by atoms with Crippen LogP contribution in [0.1, 0.15) is 55.6 Å².